The second-order valence-electron chi connectivity index (χ2n) is 4.70. The molecular formula is C14H22IN3O. The number of ether oxygens (including phenoxy) is 1. The third-order valence-electron chi connectivity index (χ3n) is 3.24. The fraction of sp³-hybridized carbons (Fsp3) is 0.500. The van der Waals surface area contributed by atoms with Crippen LogP contribution in [0.2, 0.25) is 0 Å². The van der Waals surface area contributed by atoms with Crippen molar-refractivity contribution in [1.82, 2.24) is 4.90 Å². The Balaban J connectivity index is 0.00000180. The van der Waals surface area contributed by atoms with Crippen LogP contribution in [0.15, 0.2) is 23.2 Å². The number of aliphatic imine (C=N–C) groups is 1. The van der Waals surface area contributed by atoms with E-state index in [0.717, 1.165) is 26.3 Å². The van der Waals surface area contributed by atoms with E-state index in [1.54, 1.807) is 0 Å². The van der Waals surface area contributed by atoms with Crippen molar-refractivity contribution in [2.75, 3.05) is 26.3 Å². The van der Waals surface area contributed by atoms with E-state index in [1.807, 2.05) is 0 Å². The Morgan fingerprint density at radius 2 is 2.00 bits per heavy atom. The minimum Gasteiger partial charge on any atom is -0.378 e. The molecule has 0 unspecified atom stereocenters. The number of hydrogen-bond donors (Lipinski definition) is 1. The molecule has 19 heavy (non-hydrogen) atoms. The van der Waals surface area contributed by atoms with Gasteiger partial charge in [-0.05, 0) is 25.0 Å². The van der Waals surface area contributed by atoms with Gasteiger partial charge in [-0.25, -0.2) is 4.99 Å². The number of morpholine rings is 1. The van der Waals surface area contributed by atoms with E-state index in [9.17, 15) is 0 Å². The number of rotatable bonds is 2. The summed E-state index contributed by atoms with van der Waals surface area (Å²) in [7, 11) is 0. The van der Waals surface area contributed by atoms with Crippen molar-refractivity contribution in [1.29, 1.82) is 0 Å². The predicted octanol–water partition coefficient (Wildman–Crippen LogP) is 2.07. The normalized spacial score (nSPS) is 16.1. The van der Waals surface area contributed by atoms with Crippen LogP contribution in [0.3, 0.4) is 0 Å². The average molecular weight is 375 g/mol. The van der Waals surface area contributed by atoms with Crippen LogP contribution in [0.5, 0.6) is 0 Å². The maximum Gasteiger partial charge on any atom is 0.191 e. The van der Waals surface area contributed by atoms with Gasteiger partial charge in [-0.3, -0.25) is 0 Å². The average Bonchev–Trinajstić information content (AvgIpc) is 2.38. The lowest BCUT2D eigenvalue weighted by atomic mass is 10.1. The summed E-state index contributed by atoms with van der Waals surface area (Å²) in [4.78, 5) is 6.55. The number of aryl methyl sites for hydroxylation is 2. The summed E-state index contributed by atoms with van der Waals surface area (Å²) in [5.74, 6) is 0.623. The molecular weight excluding hydrogens is 353 g/mol. The molecule has 1 heterocycles. The smallest absolute Gasteiger partial charge is 0.191 e. The van der Waals surface area contributed by atoms with Crippen LogP contribution >= 0.6 is 24.0 Å². The van der Waals surface area contributed by atoms with Gasteiger partial charge in [0.1, 0.15) is 0 Å². The lowest BCUT2D eigenvalue weighted by Crippen LogP contribution is -2.44. The van der Waals surface area contributed by atoms with Crippen molar-refractivity contribution in [2.45, 2.75) is 20.4 Å². The van der Waals surface area contributed by atoms with Crippen LogP contribution in [0.1, 0.15) is 16.7 Å². The fourth-order valence-electron chi connectivity index (χ4n) is 2.08. The molecule has 1 fully saturated rings. The molecule has 4 nitrogen and oxygen atoms in total. The second kappa shape index (κ2) is 7.69. The van der Waals surface area contributed by atoms with Gasteiger partial charge in [0.25, 0.3) is 0 Å². The molecule has 0 atom stereocenters. The first-order valence-corrected chi connectivity index (χ1v) is 6.35. The predicted molar refractivity (Wildman–Crippen MR) is 89.0 cm³/mol. The van der Waals surface area contributed by atoms with Gasteiger partial charge in [0, 0.05) is 13.1 Å². The summed E-state index contributed by atoms with van der Waals surface area (Å²) in [6, 6.07) is 6.42. The zero-order valence-electron chi connectivity index (χ0n) is 11.6. The molecule has 0 aromatic heterocycles. The van der Waals surface area contributed by atoms with E-state index in [2.05, 4.69) is 41.9 Å². The van der Waals surface area contributed by atoms with E-state index in [-0.39, 0.29) is 24.0 Å². The molecule has 0 saturated carbocycles. The molecule has 2 N–H and O–H groups in total. The van der Waals surface area contributed by atoms with Crippen molar-refractivity contribution in [3.05, 3.63) is 34.9 Å². The minimum atomic E-state index is 0. The van der Waals surface area contributed by atoms with Crippen molar-refractivity contribution >= 4 is 29.9 Å². The van der Waals surface area contributed by atoms with Crippen LogP contribution < -0.4 is 5.73 Å². The fourth-order valence-corrected chi connectivity index (χ4v) is 2.08. The van der Waals surface area contributed by atoms with Crippen molar-refractivity contribution in [3.8, 4) is 0 Å². The van der Waals surface area contributed by atoms with E-state index < -0.39 is 0 Å². The van der Waals surface area contributed by atoms with Crippen LogP contribution in [0.25, 0.3) is 0 Å². The number of hydrogen-bond acceptors (Lipinski definition) is 2. The molecule has 0 radical (unpaired) electrons. The molecule has 1 aliphatic rings. The highest BCUT2D eigenvalue weighted by atomic mass is 127. The Morgan fingerprint density at radius 3 is 2.63 bits per heavy atom. The van der Waals surface area contributed by atoms with Crippen molar-refractivity contribution in [3.63, 3.8) is 0 Å². The first-order valence-electron chi connectivity index (χ1n) is 6.35. The van der Waals surface area contributed by atoms with Crippen LogP contribution in [-0.4, -0.2) is 37.2 Å². The maximum absolute atomic E-state index is 6.00. The Bertz CT molecular complexity index is 442. The van der Waals surface area contributed by atoms with Gasteiger partial charge in [-0.15, -0.1) is 24.0 Å². The molecule has 1 saturated heterocycles. The van der Waals surface area contributed by atoms with E-state index in [4.69, 9.17) is 10.5 Å². The Morgan fingerprint density at radius 1 is 1.32 bits per heavy atom. The second-order valence-corrected chi connectivity index (χ2v) is 4.70. The molecule has 1 aromatic rings. The first kappa shape index (κ1) is 16.2. The summed E-state index contributed by atoms with van der Waals surface area (Å²) in [6.45, 7) is 8.00. The van der Waals surface area contributed by atoms with Crippen molar-refractivity contribution < 1.29 is 4.74 Å². The molecule has 1 aliphatic heterocycles. The number of guanidine groups is 1. The van der Waals surface area contributed by atoms with Gasteiger partial charge in [-0.1, -0.05) is 23.8 Å². The third kappa shape index (κ3) is 4.65. The third-order valence-corrected chi connectivity index (χ3v) is 3.24. The monoisotopic (exact) mass is 375 g/mol. The Labute approximate surface area is 132 Å². The standard InChI is InChI=1S/C14H21N3O.HI/c1-11-3-4-13(12(2)9-11)10-16-14(15)17-5-7-18-8-6-17;/h3-4,9H,5-8,10H2,1-2H3,(H2,15,16);1H. The number of halogens is 1. The molecule has 1 aromatic carbocycles. The molecule has 5 heteroatoms. The summed E-state index contributed by atoms with van der Waals surface area (Å²) < 4.78 is 5.29. The SMILES string of the molecule is Cc1ccc(CN=C(N)N2CCOCC2)c(C)c1.I. The topological polar surface area (TPSA) is 50.8 Å². The Kier molecular flexibility index (Phi) is 6.57. The summed E-state index contributed by atoms with van der Waals surface area (Å²) in [5.41, 5.74) is 9.78. The summed E-state index contributed by atoms with van der Waals surface area (Å²) in [5, 5.41) is 0. The minimum absolute atomic E-state index is 0. The van der Waals surface area contributed by atoms with E-state index >= 15 is 0 Å². The lowest BCUT2D eigenvalue weighted by molar-refractivity contribution is 0.0674. The summed E-state index contributed by atoms with van der Waals surface area (Å²) in [6.07, 6.45) is 0. The highest BCUT2D eigenvalue weighted by Gasteiger charge is 2.11. The molecule has 0 bridgehead atoms. The van der Waals surface area contributed by atoms with Gasteiger partial charge in [0.15, 0.2) is 5.96 Å². The number of benzene rings is 1. The highest BCUT2D eigenvalue weighted by Crippen LogP contribution is 2.11. The summed E-state index contributed by atoms with van der Waals surface area (Å²) >= 11 is 0. The van der Waals surface area contributed by atoms with E-state index in [0.29, 0.717) is 12.5 Å². The quantitative estimate of drug-likeness (QED) is 0.489. The largest absolute Gasteiger partial charge is 0.378 e. The molecule has 106 valence electrons. The van der Waals surface area contributed by atoms with Crippen molar-refractivity contribution in [2.24, 2.45) is 10.7 Å². The van der Waals surface area contributed by atoms with Gasteiger partial charge in [-0.2, -0.15) is 0 Å². The molecule has 2 rings (SSSR count). The zero-order chi connectivity index (χ0) is 13.0. The van der Waals surface area contributed by atoms with Gasteiger partial charge in [0.2, 0.25) is 0 Å². The van der Waals surface area contributed by atoms with Gasteiger partial charge in [0.05, 0.1) is 19.8 Å². The Hall–Kier alpha value is -0.820. The molecule has 0 spiro atoms. The number of nitrogens with two attached hydrogens (primary N) is 1. The van der Waals surface area contributed by atoms with Crippen LogP contribution in [0.4, 0.5) is 0 Å². The van der Waals surface area contributed by atoms with Crippen LogP contribution in [0, 0.1) is 13.8 Å². The lowest BCUT2D eigenvalue weighted by Gasteiger charge is -2.27. The van der Waals surface area contributed by atoms with E-state index in [1.165, 1.54) is 16.7 Å². The van der Waals surface area contributed by atoms with Gasteiger partial charge < -0.3 is 15.4 Å². The maximum atomic E-state index is 6.00. The highest BCUT2D eigenvalue weighted by molar-refractivity contribution is 14.0. The zero-order valence-corrected chi connectivity index (χ0v) is 13.9. The van der Waals surface area contributed by atoms with Gasteiger partial charge >= 0.3 is 0 Å². The molecule has 0 aliphatic carbocycles. The first-order chi connectivity index (χ1) is 8.66. The number of nitrogens with zero attached hydrogens (tertiary/aromatic N) is 2. The van der Waals surface area contributed by atoms with Crippen LogP contribution in [-0.2, 0) is 11.3 Å². The molecule has 0 amide bonds.